The Morgan fingerprint density at radius 1 is 1.53 bits per heavy atom. The number of nitrogens with zero attached hydrogens (tertiary/aromatic N) is 1. The van der Waals surface area contributed by atoms with Crippen molar-refractivity contribution < 1.29 is 9.21 Å². The minimum atomic E-state index is -0.434. The zero-order valence-electron chi connectivity index (χ0n) is 10.3. The third-order valence-electron chi connectivity index (χ3n) is 3.81. The Morgan fingerprint density at radius 3 is 2.65 bits per heavy atom. The summed E-state index contributed by atoms with van der Waals surface area (Å²) >= 11 is 3.36. The lowest BCUT2D eigenvalue weighted by atomic mass is 9.90. The molecule has 1 aromatic heterocycles. The van der Waals surface area contributed by atoms with E-state index in [0.717, 1.165) is 24.0 Å². The number of carbonyl (C=O) groups excluding carboxylic acids is 1. The lowest BCUT2D eigenvalue weighted by Gasteiger charge is -2.36. The van der Waals surface area contributed by atoms with Crippen molar-refractivity contribution in [2.75, 3.05) is 13.1 Å². The zero-order chi connectivity index (χ0) is 12.5. The monoisotopic (exact) mass is 299 g/mol. The third-order valence-corrected chi connectivity index (χ3v) is 4.43. The fourth-order valence-electron chi connectivity index (χ4n) is 2.44. The first kappa shape index (κ1) is 12.8. The molecule has 0 radical (unpaired) electrons. The van der Waals surface area contributed by atoms with Crippen LogP contribution < -0.4 is 0 Å². The molecule has 0 aliphatic carbocycles. The molecule has 3 nitrogen and oxygen atoms in total. The van der Waals surface area contributed by atoms with Crippen molar-refractivity contribution >= 4 is 21.7 Å². The van der Waals surface area contributed by atoms with Crippen molar-refractivity contribution in [3.8, 4) is 0 Å². The number of halogens is 1. The molecule has 2 rings (SSSR count). The van der Waals surface area contributed by atoms with Gasteiger partial charge in [0.15, 0.2) is 5.76 Å². The maximum atomic E-state index is 12.6. The van der Waals surface area contributed by atoms with E-state index in [9.17, 15) is 4.79 Å². The highest BCUT2D eigenvalue weighted by Crippen LogP contribution is 2.31. The van der Waals surface area contributed by atoms with Crippen LogP contribution in [0, 0.1) is 0 Å². The summed E-state index contributed by atoms with van der Waals surface area (Å²) in [6.07, 6.45) is 4.72. The molecule has 1 aliphatic rings. The lowest BCUT2D eigenvalue weighted by molar-refractivity contribution is 0.0616. The van der Waals surface area contributed by atoms with E-state index in [4.69, 9.17) is 4.42 Å². The van der Waals surface area contributed by atoms with Crippen molar-refractivity contribution in [2.24, 2.45) is 0 Å². The number of furan rings is 1. The van der Waals surface area contributed by atoms with Gasteiger partial charge in [-0.2, -0.15) is 0 Å². The van der Waals surface area contributed by atoms with Crippen LogP contribution >= 0.6 is 15.9 Å². The summed E-state index contributed by atoms with van der Waals surface area (Å²) in [6, 6.07) is 1.77. The van der Waals surface area contributed by atoms with E-state index in [1.807, 2.05) is 6.92 Å². The number of hydrogen-bond acceptors (Lipinski definition) is 3. The van der Waals surface area contributed by atoms with Crippen LogP contribution in [0.15, 0.2) is 21.2 Å². The Kier molecular flexibility index (Phi) is 3.73. The average molecular weight is 300 g/mol. The summed E-state index contributed by atoms with van der Waals surface area (Å²) in [5.41, 5.74) is -0.434. The maximum absolute atomic E-state index is 12.6. The Balaban J connectivity index is 2.28. The zero-order valence-corrected chi connectivity index (χ0v) is 11.9. The van der Waals surface area contributed by atoms with Gasteiger partial charge in [-0.3, -0.25) is 9.69 Å². The molecule has 1 saturated heterocycles. The minimum absolute atomic E-state index is 0.0822. The molecule has 94 valence electrons. The largest absolute Gasteiger partial charge is 0.460 e. The number of carbonyl (C=O) groups is 1. The van der Waals surface area contributed by atoms with Gasteiger partial charge >= 0.3 is 0 Å². The van der Waals surface area contributed by atoms with Gasteiger partial charge in [-0.25, -0.2) is 0 Å². The predicted octanol–water partition coefficient (Wildman–Crippen LogP) is 3.49. The van der Waals surface area contributed by atoms with E-state index >= 15 is 0 Å². The fourth-order valence-corrected chi connectivity index (χ4v) is 2.82. The second-order valence-electron chi connectivity index (χ2n) is 4.75. The highest BCUT2D eigenvalue weighted by molar-refractivity contribution is 9.10. The first-order valence-electron chi connectivity index (χ1n) is 6.12. The molecule has 1 unspecified atom stereocenters. The van der Waals surface area contributed by atoms with Crippen molar-refractivity contribution in [3.63, 3.8) is 0 Å². The summed E-state index contributed by atoms with van der Waals surface area (Å²) in [6.45, 7) is 6.10. The summed E-state index contributed by atoms with van der Waals surface area (Å²) in [4.78, 5) is 14.9. The predicted molar refractivity (Wildman–Crippen MR) is 70.2 cm³/mol. The van der Waals surface area contributed by atoms with E-state index in [1.54, 1.807) is 12.3 Å². The van der Waals surface area contributed by atoms with Gasteiger partial charge in [0.25, 0.3) is 0 Å². The van der Waals surface area contributed by atoms with Crippen LogP contribution in [-0.2, 0) is 0 Å². The standard InChI is InChI=1S/C13H18BrNO2/c1-3-13(2,15-7-4-5-8-15)12(16)11-10(14)6-9-17-11/h6,9H,3-5,7-8H2,1-2H3. The molecule has 1 atom stereocenters. The van der Waals surface area contributed by atoms with E-state index in [1.165, 1.54) is 12.8 Å². The average Bonchev–Trinajstić information content (AvgIpc) is 2.97. The van der Waals surface area contributed by atoms with Gasteiger partial charge in [-0.15, -0.1) is 0 Å². The quantitative estimate of drug-likeness (QED) is 0.798. The van der Waals surface area contributed by atoms with Gasteiger partial charge in [0.2, 0.25) is 5.78 Å². The minimum Gasteiger partial charge on any atom is -0.460 e. The van der Waals surface area contributed by atoms with Crippen LogP contribution in [0.1, 0.15) is 43.7 Å². The number of Topliss-reactive ketones (excluding diaryl/α,β-unsaturated/α-hetero) is 1. The molecular formula is C13H18BrNO2. The number of rotatable bonds is 4. The van der Waals surface area contributed by atoms with Gasteiger partial charge < -0.3 is 4.42 Å². The summed E-state index contributed by atoms with van der Waals surface area (Å²) in [5, 5.41) is 0. The summed E-state index contributed by atoms with van der Waals surface area (Å²) in [5.74, 6) is 0.528. The molecule has 17 heavy (non-hydrogen) atoms. The number of likely N-dealkylation sites (tertiary alicyclic amines) is 1. The van der Waals surface area contributed by atoms with Crippen molar-refractivity contribution in [2.45, 2.75) is 38.6 Å². The maximum Gasteiger partial charge on any atom is 0.219 e. The molecule has 0 spiro atoms. The molecule has 1 aliphatic heterocycles. The fraction of sp³-hybridized carbons (Fsp3) is 0.615. The SMILES string of the molecule is CCC(C)(C(=O)c1occc1Br)N1CCCC1. The highest BCUT2D eigenvalue weighted by Gasteiger charge is 2.41. The van der Waals surface area contributed by atoms with Crippen LogP contribution in [0.5, 0.6) is 0 Å². The van der Waals surface area contributed by atoms with Crippen molar-refractivity contribution in [1.29, 1.82) is 0 Å². The van der Waals surface area contributed by atoms with Crippen LogP contribution in [0.2, 0.25) is 0 Å². The molecule has 0 N–H and O–H groups in total. The van der Waals surface area contributed by atoms with Crippen molar-refractivity contribution in [1.82, 2.24) is 4.90 Å². The van der Waals surface area contributed by atoms with Crippen LogP contribution in [-0.4, -0.2) is 29.3 Å². The summed E-state index contributed by atoms with van der Waals surface area (Å²) < 4.78 is 6.06. The molecule has 0 amide bonds. The molecule has 2 heterocycles. The van der Waals surface area contributed by atoms with Gasteiger partial charge in [0, 0.05) is 0 Å². The highest BCUT2D eigenvalue weighted by atomic mass is 79.9. The van der Waals surface area contributed by atoms with Crippen LogP contribution in [0.3, 0.4) is 0 Å². The Morgan fingerprint density at radius 2 is 2.18 bits per heavy atom. The number of hydrogen-bond donors (Lipinski definition) is 0. The Labute approximate surface area is 110 Å². The topological polar surface area (TPSA) is 33.5 Å². The Hall–Kier alpha value is -0.610. The van der Waals surface area contributed by atoms with E-state index in [-0.39, 0.29) is 5.78 Å². The van der Waals surface area contributed by atoms with Crippen molar-refractivity contribution in [3.05, 3.63) is 22.6 Å². The van der Waals surface area contributed by atoms with Gasteiger partial charge in [0.05, 0.1) is 16.3 Å². The van der Waals surface area contributed by atoms with E-state index in [0.29, 0.717) is 5.76 Å². The van der Waals surface area contributed by atoms with Crippen LogP contribution in [0.4, 0.5) is 0 Å². The first-order chi connectivity index (χ1) is 8.09. The van der Waals surface area contributed by atoms with E-state index in [2.05, 4.69) is 27.8 Å². The third kappa shape index (κ3) is 2.20. The molecule has 4 heteroatoms. The first-order valence-corrected chi connectivity index (χ1v) is 6.91. The van der Waals surface area contributed by atoms with E-state index < -0.39 is 5.54 Å². The number of ketones is 1. The summed E-state index contributed by atoms with van der Waals surface area (Å²) in [7, 11) is 0. The normalized spacial score (nSPS) is 20.4. The molecule has 1 fully saturated rings. The van der Waals surface area contributed by atoms with Gasteiger partial charge in [-0.05, 0) is 61.3 Å². The lowest BCUT2D eigenvalue weighted by Crippen LogP contribution is -2.50. The molecule has 0 bridgehead atoms. The molecule has 0 saturated carbocycles. The molecular weight excluding hydrogens is 282 g/mol. The smallest absolute Gasteiger partial charge is 0.219 e. The second kappa shape index (κ2) is 4.94. The van der Waals surface area contributed by atoms with Gasteiger partial charge in [0.1, 0.15) is 0 Å². The Bertz CT molecular complexity index is 409. The second-order valence-corrected chi connectivity index (χ2v) is 5.60. The van der Waals surface area contributed by atoms with Gasteiger partial charge in [-0.1, -0.05) is 6.92 Å². The molecule has 0 aromatic carbocycles. The van der Waals surface area contributed by atoms with Crippen LogP contribution in [0.25, 0.3) is 0 Å². The molecule has 1 aromatic rings.